The van der Waals surface area contributed by atoms with Crippen molar-refractivity contribution in [2.45, 2.75) is 6.92 Å². The first-order valence-corrected chi connectivity index (χ1v) is 7.55. The molecule has 0 aromatic heterocycles. The number of imide groups is 1. The van der Waals surface area contributed by atoms with Crippen LogP contribution in [0.5, 0.6) is 0 Å². The Morgan fingerprint density at radius 3 is 2.38 bits per heavy atom. The van der Waals surface area contributed by atoms with Crippen molar-refractivity contribution >= 4 is 46.4 Å². The third-order valence-electron chi connectivity index (χ3n) is 3.47. The number of rotatable bonds is 2. The number of nitrogens with zero attached hydrogens (tertiary/aromatic N) is 1. The van der Waals surface area contributed by atoms with Gasteiger partial charge in [0.05, 0.1) is 22.5 Å². The summed E-state index contributed by atoms with van der Waals surface area (Å²) in [4.78, 5) is 37.6. The lowest BCUT2D eigenvalue weighted by molar-refractivity contribution is -0.117. The molecule has 1 aliphatic rings. The van der Waals surface area contributed by atoms with E-state index in [1.54, 1.807) is 48.5 Å². The highest BCUT2D eigenvalue weighted by molar-refractivity contribution is 7.80. The molecule has 2 N–H and O–H groups in total. The van der Waals surface area contributed by atoms with Crippen molar-refractivity contribution in [2.75, 3.05) is 10.2 Å². The molecule has 2 aromatic carbocycles. The van der Waals surface area contributed by atoms with Gasteiger partial charge in [-0.15, -0.1) is 0 Å². The van der Waals surface area contributed by atoms with Gasteiger partial charge in [-0.3, -0.25) is 14.4 Å². The van der Waals surface area contributed by atoms with Gasteiger partial charge in [-0.1, -0.05) is 24.3 Å². The van der Waals surface area contributed by atoms with Crippen molar-refractivity contribution in [1.82, 2.24) is 5.32 Å². The Labute approximate surface area is 143 Å². The zero-order valence-electron chi connectivity index (χ0n) is 12.7. The number of benzene rings is 2. The molecule has 0 radical (unpaired) electrons. The molecule has 1 aliphatic heterocycles. The number of amides is 3. The van der Waals surface area contributed by atoms with Crippen LogP contribution in [0.4, 0.5) is 11.4 Å². The van der Waals surface area contributed by atoms with E-state index < -0.39 is 11.8 Å². The lowest BCUT2D eigenvalue weighted by atomic mass is 10.1. The summed E-state index contributed by atoms with van der Waals surface area (Å²) in [6, 6.07) is 13.6. The fourth-order valence-electron chi connectivity index (χ4n) is 2.51. The second-order valence-electron chi connectivity index (χ2n) is 5.14. The third-order valence-corrected chi connectivity index (χ3v) is 3.67. The minimum absolute atomic E-state index is 0.0642. The number of hydrogen-bond donors (Lipinski definition) is 2. The van der Waals surface area contributed by atoms with Crippen LogP contribution in [0.25, 0.3) is 0 Å². The molecule has 1 heterocycles. The standard InChI is InChI=1S/C17H13N3O3S/c1-10(21)18-17(24)19-13-9-5-8-12-14(13)16(23)20(15(12)22)11-6-3-2-4-7-11/h2-9H,1H3,(H2,18,19,21,24). The highest BCUT2D eigenvalue weighted by Gasteiger charge is 2.38. The van der Waals surface area contributed by atoms with Gasteiger partial charge < -0.3 is 10.6 Å². The molecule has 0 bridgehead atoms. The summed E-state index contributed by atoms with van der Waals surface area (Å²) >= 11 is 5.02. The smallest absolute Gasteiger partial charge is 0.268 e. The van der Waals surface area contributed by atoms with Crippen molar-refractivity contribution in [2.24, 2.45) is 0 Å². The van der Waals surface area contributed by atoms with Gasteiger partial charge in [-0.25, -0.2) is 4.90 Å². The SMILES string of the molecule is CC(=O)NC(=S)Nc1cccc2c1C(=O)N(c1ccccc1)C2=O. The van der Waals surface area contributed by atoms with Crippen LogP contribution < -0.4 is 15.5 Å². The number of hydrogen-bond acceptors (Lipinski definition) is 4. The van der Waals surface area contributed by atoms with E-state index in [0.717, 1.165) is 4.90 Å². The topological polar surface area (TPSA) is 78.5 Å². The normalized spacial score (nSPS) is 12.8. The highest BCUT2D eigenvalue weighted by atomic mass is 32.1. The largest absolute Gasteiger partial charge is 0.332 e. The highest BCUT2D eigenvalue weighted by Crippen LogP contribution is 2.32. The van der Waals surface area contributed by atoms with Gasteiger partial charge in [0, 0.05) is 6.92 Å². The molecule has 3 amide bonds. The molecule has 0 saturated heterocycles. The minimum Gasteiger partial charge on any atom is -0.332 e. The molecular weight excluding hydrogens is 326 g/mol. The van der Waals surface area contributed by atoms with Gasteiger partial charge in [0.15, 0.2) is 5.11 Å². The Morgan fingerprint density at radius 1 is 1.00 bits per heavy atom. The van der Waals surface area contributed by atoms with Crippen LogP contribution in [-0.4, -0.2) is 22.8 Å². The van der Waals surface area contributed by atoms with E-state index in [9.17, 15) is 14.4 Å². The van der Waals surface area contributed by atoms with Crippen LogP contribution in [0.2, 0.25) is 0 Å². The van der Waals surface area contributed by atoms with E-state index in [4.69, 9.17) is 12.2 Å². The quantitative estimate of drug-likeness (QED) is 0.648. The summed E-state index contributed by atoms with van der Waals surface area (Å²) in [6.45, 7) is 1.33. The van der Waals surface area contributed by atoms with E-state index in [0.29, 0.717) is 16.9 Å². The van der Waals surface area contributed by atoms with E-state index in [1.807, 2.05) is 0 Å². The molecule has 120 valence electrons. The summed E-state index contributed by atoms with van der Waals surface area (Å²) in [5.74, 6) is -1.15. The Balaban J connectivity index is 1.98. The van der Waals surface area contributed by atoms with Crippen molar-refractivity contribution in [1.29, 1.82) is 0 Å². The minimum atomic E-state index is -0.435. The number of fused-ring (bicyclic) bond motifs is 1. The van der Waals surface area contributed by atoms with Crippen LogP contribution in [0.15, 0.2) is 48.5 Å². The average molecular weight is 339 g/mol. The Morgan fingerprint density at radius 2 is 1.71 bits per heavy atom. The molecule has 7 heteroatoms. The fourth-order valence-corrected chi connectivity index (χ4v) is 2.77. The van der Waals surface area contributed by atoms with Crippen LogP contribution in [0.1, 0.15) is 27.6 Å². The number of thiocarbonyl (C=S) groups is 1. The molecule has 3 rings (SSSR count). The van der Waals surface area contributed by atoms with Gasteiger partial charge >= 0.3 is 0 Å². The van der Waals surface area contributed by atoms with Crippen LogP contribution in [0, 0.1) is 0 Å². The first kappa shape index (κ1) is 15.8. The molecule has 6 nitrogen and oxygen atoms in total. The molecular formula is C17H13N3O3S. The molecule has 2 aromatic rings. The lowest BCUT2D eigenvalue weighted by Gasteiger charge is -2.14. The predicted octanol–water partition coefficient (Wildman–Crippen LogP) is 2.32. The maximum Gasteiger partial charge on any atom is 0.268 e. The molecule has 0 saturated carbocycles. The Hall–Kier alpha value is -3.06. The van der Waals surface area contributed by atoms with Gasteiger partial charge in [0.25, 0.3) is 11.8 Å². The van der Waals surface area contributed by atoms with E-state index in [1.165, 1.54) is 6.92 Å². The monoisotopic (exact) mass is 339 g/mol. The van der Waals surface area contributed by atoms with Crippen LogP contribution in [-0.2, 0) is 4.79 Å². The number of carbonyl (C=O) groups excluding carboxylic acids is 3. The van der Waals surface area contributed by atoms with E-state index in [-0.39, 0.29) is 16.6 Å². The number of nitrogens with one attached hydrogen (secondary N) is 2. The van der Waals surface area contributed by atoms with Crippen molar-refractivity contribution < 1.29 is 14.4 Å². The zero-order valence-corrected chi connectivity index (χ0v) is 13.5. The van der Waals surface area contributed by atoms with Crippen molar-refractivity contribution in [3.05, 3.63) is 59.7 Å². The molecule has 0 aliphatic carbocycles. The summed E-state index contributed by atoms with van der Waals surface area (Å²) in [7, 11) is 0. The molecule has 0 fully saturated rings. The lowest BCUT2D eigenvalue weighted by Crippen LogP contribution is -2.33. The number of carbonyl (C=O) groups is 3. The number of anilines is 2. The van der Waals surface area contributed by atoms with Gasteiger partial charge in [-0.2, -0.15) is 0 Å². The maximum atomic E-state index is 12.8. The van der Waals surface area contributed by atoms with Gasteiger partial charge in [0.1, 0.15) is 0 Å². The fraction of sp³-hybridized carbons (Fsp3) is 0.0588. The van der Waals surface area contributed by atoms with Crippen LogP contribution >= 0.6 is 12.2 Å². The van der Waals surface area contributed by atoms with Crippen LogP contribution in [0.3, 0.4) is 0 Å². The molecule has 24 heavy (non-hydrogen) atoms. The average Bonchev–Trinajstić information content (AvgIpc) is 2.80. The van der Waals surface area contributed by atoms with E-state index in [2.05, 4.69) is 10.6 Å². The van der Waals surface area contributed by atoms with Gasteiger partial charge in [0.2, 0.25) is 5.91 Å². The summed E-state index contributed by atoms with van der Waals surface area (Å²) < 4.78 is 0. The predicted molar refractivity (Wildman–Crippen MR) is 94.1 cm³/mol. The van der Waals surface area contributed by atoms with Crippen molar-refractivity contribution in [3.8, 4) is 0 Å². The van der Waals surface area contributed by atoms with E-state index >= 15 is 0 Å². The second kappa shape index (κ2) is 6.21. The Kier molecular flexibility index (Phi) is 4.09. The number of para-hydroxylation sites is 1. The molecule has 0 unspecified atom stereocenters. The first-order valence-electron chi connectivity index (χ1n) is 7.14. The van der Waals surface area contributed by atoms with Crippen molar-refractivity contribution in [3.63, 3.8) is 0 Å². The molecule has 0 atom stereocenters. The zero-order chi connectivity index (χ0) is 17.3. The summed E-state index contributed by atoms with van der Waals surface area (Å²) in [6.07, 6.45) is 0. The molecule has 0 spiro atoms. The second-order valence-corrected chi connectivity index (χ2v) is 5.55. The maximum absolute atomic E-state index is 12.8. The summed E-state index contributed by atoms with van der Waals surface area (Å²) in [5, 5.41) is 5.28. The third kappa shape index (κ3) is 2.77. The Bertz CT molecular complexity index is 865. The first-order chi connectivity index (χ1) is 11.5. The van der Waals surface area contributed by atoms with Gasteiger partial charge in [-0.05, 0) is 36.5 Å². The summed E-state index contributed by atoms with van der Waals surface area (Å²) in [5.41, 5.74) is 1.40.